The lowest BCUT2D eigenvalue weighted by atomic mass is 9.84. The van der Waals surface area contributed by atoms with Crippen LogP contribution in [0.25, 0.3) is 0 Å². The second-order valence-electron chi connectivity index (χ2n) is 7.91. The predicted octanol–water partition coefficient (Wildman–Crippen LogP) is 2.03. The van der Waals surface area contributed by atoms with Crippen LogP contribution in [0.1, 0.15) is 53.3 Å². The summed E-state index contributed by atoms with van der Waals surface area (Å²) in [4.78, 5) is 30.8. The number of nitrogens with zero attached hydrogens (tertiary/aromatic N) is 2. The maximum absolute atomic E-state index is 12.4. The van der Waals surface area contributed by atoms with Gasteiger partial charge in [-0.05, 0) is 44.7 Å². The Morgan fingerprint density at radius 1 is 1.19 bits per heavy atom. The predicted molar refractivity (Wildman–Crippen MR) is 130 cm³/mol. The Balaban J connectivity index is 0.00000341. The smallest absolute Gasteiger partial charge is 0.261 e. The summed E-state index contributed by atoms with van der Waals surface area (Å²) in [6, 6.07) is 6.97. The molecule has 1 fully saturated rings. The van der Waals surface area contributed by atoms with Crippen molar-refractivity contribution in [2.24, 2.45) is 10.4 Å². The van der Waals surface area contributed by atoms with E-state index < -0.39 is 0 Å². The first-order valence-corrected chi connectivity index (χ1v) is 10.8. The number of aliphatic hydroxyl groups excluding tert-OH is 1. The van der Waals surface area contributed by atoms with Crippen molar-refractivity contribution in [1.29, 1.82) is 0 Å². The zero-order chi connectivity index (χ0) is 21.4. The van der Waals surface area contributed by atoms with E-state index in [1.54, 1.807) is 24.3 Å². The molecule has 0 aliphatic carbocycles. The number of halogens is 1. The summed E-state index contributed by atoms with van der Waals surface area (Å²) in [7, 11) is 0. The van der Waals surface area contributed by atoms with E-state index in [-0.39, 0.29) is 47.8 Å². The Labute approximate surface area is 200 Å². The SMILES string of the molecule is CCNC(=NCC1(CCO)CCOC1)NCCCCN1C(=O)c2ccccc2C1=O.I. The first-order chi connectivity index (χ1) is 14.6. The number of guanidine groups is 1. The van der Waals surface area contributed by atoms with Crippen molar-refractivity contribution in [3.8, 4) is 0 Å². The number of ether oxygens (including phenoxy) is 1. The van der Waals surface area contributed by atoms with Gasteiger partial charge >= 0.3 is 0 Å². The fraction of sp³-hybridized carbons (Fsp3) is 0.591. The van der Waals surface area contributed by atoms with Gasteiger partial charge in [-0.2, -0.15) is 0 Å². The molecule has 3 N–H and O–H groups in total. The van der Waals surface area contributed by atoms with Crippen LogP contribution in [0, 0.1) is 5.41 Å². The number of hydrogen-bond acceptors (Lipinski definition) is 5. The van der Waals surface area contributed by atoms with Crippen LogP contribution in [0.5, 0.6) is 0 Å². The molecule has 0 saturated carbocycles. The molecule has 1 saturated heterocycles. The summed E-state index contributed by atoms with van der Waals surface area (Å²) < 4.78 is 5.53. The summed E-state index contributed by atoms with van der Waals surface area (Å²) in [5.41, 5.74) is 0.910. The van der Waals surface area contributed by atoms with Crippen molar-refractivity contribution < 1.29 is 19.4 Å². The van der Waals surface area contributed by atoms with E-state index in [1.165, 1.54) is 4.90 Å². The van der Waals surface area contributed by atoms with Gasteiger partial charge in [0.15, 0.2) is 5.96 Å². The minimum atomic E-state index is -0.202. The van der Waals surface area contributed by atoms with Crippen LogP contribution in [0.15, 0.2) is 29.3 Å². The third kappa shape index (κ3) is 6.39. The van der Waals surface area contributed by atoms with Crippen molar-refractivity contribution in [2.45, 2.75) is 32.6 Å². The number of unbranched alkanes of at least 4 members (excludes halogenated alkanes) is 1. The van der Waals surface area contributed by atoms with E-state index in [1.807, 2.05) is 6.92 Å². The Morgan fingerprint density at radius 3 is 2.48 bits per heavy atom. The van der Waals surface area contributed by atoms with Gasteiger partial charge < -0.3 is 20.5 Å². The lowest BCUT2D eigenvalue weighted by Crippen LogP contribution is -2.39. The fourth-order valence-electron chi connectivity index (χ4n) is 3.92. The number of nitrogens with one attached hydrogen (secondary N) is 2. The maximum Gasteiger partial charge on any atom is 0.261 e. The quantitative estimate of drug-likeness (QED) is 0.137. The molecule has 0 bridgehead atoms. The highest BCUT2D eigenvalue weighted by molar-refractivity contribution is 14.0. The summed E-state index contributed by atoms with van der Waals surface area (Å²) in [6.07, 6.45) is 3.13. The Morgan fingerprint density at radius 2 is 1.90 bits per heavy atom. The van der Waals surface area contributed by atoms with Gasteiger partial charge in [-0.15, -0.1) is 24.0 Å². The molecule has 2 amide bonds. The monoisotopic (exact) mass is 544 g/mol. The molecule has 2 aliphatic rings. The lowest BCUT2D eigenvalue weighted by Gasteiger charge is -2.24. The number of rotatable bonds is 10. The van der Waals surface area contributed by atoms with Crippen LogP contribution in [-0.2, 0) is 4.74 Å². The molecule has 0 spiro atoms. The van der Waals surface area contributed by atoms with Crippen LogP contribution < -0.4 is 10.6 Å². The van der Waals surface area contributed by atoms with Gasteiger partial charge in [0.1, 0.15) is 0 Å². The minimum absolute atomic E-state index is 0. The van der Waals surface area contributed by atoms with Gasteiger partial charge in [-0.1, -0.05) is 12.1 Å². The second kappa shape index (κ2) is 12.4. The van der Waals surface area contributed by atoms with Gasteiger partial charge in [0.25, 0.3) is 11.8 Å². The van der Waals surface area contributed by atoms with Gasteiger partial charge in [0, 0.05) is 38.3 Å². The minimum Gasteiger partial charge on any atom is -0.396 e. The summed E-state index contributed by atoms with van der Waals surface area (Å²) in [5, 5.41) is 15.9. The number of benzene rings is 1. The molecule has 1 atom stereocenters. The molecule has 3 rings (SSSR count). The largest absolute Gasteiger partial charge is 0.396 e. The normalized spacial score (nSPS) is 20.6. The molecule has 0 radical (unpaired) electrons. The molecule has 2 aliphatic heterocycles. The third-order valence-electron chi connectivity index (χ3n) is 5.72. The highest BCUT2D eigenvalue weighted by Gasteiger charge is 2.35. The Hall–Kier alpha value is -1.72. The van der Waals surface area contributed by atoms with E-state index in [0.717, 1.165) is 38.4 Å². The van der Waals surface area contributed by atoms with Crippen LogP contribution in [-0.4, -0.2) is 73.8 Å². The van der Waals surface area contributed by atoms with Gasteiger partial charge in [0.2, 0.25) is 0 Å². The van der Waals surface area contributed by atoms with Crippen molar-refractivity contribution in [3.05, 3.63) is 35.4 Å². The van der Waals surface area contributed by atoms with E-state index in [2.05, 4.69) is 10.6 Å². The first-order valence-electron chi connectivity index (χ1n) is 10.8. The molecule has 2 heterocycles. The molecule has 9 heteroatoms. The number of imide groups is 1. The van der Waals surface area contributed by atoms with Crippen molar-refractivity contribution in [3.63, 3.8) is 0 Å². The van der Waals surface area contributed by atoms with Crippen molar-refractivity contribution in [1.82, 2.24) is 15.5 Å². The molecule has 1 unspecified atom stereocenters. The number of aliphatic hydroxyl groups is 1. The van der Waals surface area contributed by atoms with E-state index in [0.29, 0.717) is 43.8 Å². The second-order valence-corrected chi connectivity index (χ2v) is 7.91. The van der Waals surface area contributed by atoms with E-state index >= 15 is 0 Å². The van der Waals surface area contributed by atoms with Crippen LogP contribution in [0.4, 0.5) is 0 Å². The van der Waals surface area contributed by atoms with Crippen LogP contribution >= 0.6 is 24.0 Å². The third-order valence-corrected chi connectivity index (χ3v) is 5.72. The molecule has 1 aromatic carbocycles. The fourth-order valence-corrected chi connectivity index (χ4v) is 3.92. The molecule has 1 aromatic rings. The number of amides is 2. The number of aliphatic imine (C=N–C) groups is 1. The van der Waals surface area contributed by atoms with Crippen molar-refractivity contribution >= 4 is 41.8 Å². The lowest BCUT2D eigenvalue weighted by molar-refractivity contribution is 0.0652. The van der Waals surface area contributed by atoms with E-state index in [4.69, 9.17) is 9.73 Å². The highest BCUT2D eigenvalue weighted by atomic mass is 127. The summed E-state index contributed by atoms with van der Waals surface area (Å²) in [6.45, 7) is 5.98. The van der Waals surface area contributed by atoms with Gasteiger partial charge in [-0.3, -0.25) is 19.5 Å². The summed E-state index contributed by atoms with van der Waals surface area (Å²) >= 11 is 0. The molecule has 0 aromatic heterocycles. The van der Waals surface area contributed by atoms with Gasteiger partial charge in [0.05, 0.1) is 24.3 Å². The van der Waals surface area contributed by atoms with Crippen LogP contribution in [0.3, 0.4) is 0 Å². The number of carbonyl (C=O) groups excluding carboxylic acids is 2. The molecule has 31 heavy (non-hydrogen) atoms. The summed E-state index contributed by atoms with van der Waals surface area (Å²) in [5.74, 6) is 0.334. The number of hydrogen-bond donors (Lipinski definition) is 3. The van der Waals surface area contributed by atoms with E-state index in [9.17, 15) is 14.7 Å². The topological polar surface area (TPSA) is 103 Å². The highest BCUT2D eigenvalue weighted by Crippen LogP contribution is 2.32. The molecule has 8 nitrogen and oxygen atoms in total. The number of fused-ring (bicyclic) bond motifs is 1. The van der Waals surface area contributed by atoms with Gasteiger partial charge in [-0.25, -0.2) is 0 Å². The Kier molecular flexibility index (Phi) is 10.2. The number of carbonyl (C=O) groups is 2. The average molecular weight is 544 g/mol. The molecular formula is C22H33IN4O4. The average Bonchev–Trinajstić information content (AvgIpc) is 3.31. The standard InChI is InChI=1S/C22H32N4O4.HI/c1-2-23-21(25-15-22(9-13-27)10-14-30-16-22)24-11-5-6-12-26-19(28)17-7-3-4-8-18(17)20(26)29;/h3-4,7-8,27H,2,5-6,9-16H2,1H3,(H2,23,24,25);1H. The molecule has 172 valence electrons. The first kappa shape index (κ1) is 25.5. The molecular weight excluding hydrogens is 511 g/mol. The van der Waals surface area contributed by atoms with Crippen molar-refractivity contribution in [2.75, 3.05) is 46.0 Å². The zero-order valence-electron chi connectivity index (χ0n) is 18.1. The zero-order valence-corrected chi connectivity index (χ0v) is 20.4. The Bertz CT molecular complexity index is 746. The maximum atomic E-state index is 12.4. The van der Waals surface area contributed by atoms with Crippen LogP contribution in [0.2, 0.25) is 0 Å².